The van der Waals surface area contributed by atoms with E-state index in [1.807, 2.05) is 12.2 Å². The van der Waals surface area contributed by atoms with Gasteiger partial charge in [0.2, 0.25) is 0 Å². The summed E-state index contributed by atoms with van der Waals surface area (Å²) in [7, 11) is 3.20. The Balaban J connectivity index is 1.98. The van der Waals surface area contributed by atoms with E-state index in [2.05, 4.69) is 36.2 Å². The average Bonchev–Trinajstić information content (AvgIpc) is 3.24. The molecular formula is C21H27N9O3. The molecule has 3 amide bonds. The number of para-hydroxylation sites is 1. The SMILES string of the molecule is [2H]C([2H])([2H])NC(=O)c1nnc(NC(=O)NCCCC)cc1Nc1cccc(-c2ncn(C)n2)c1OC. The van der Waals surface area contributed by atoms with Crippen LogP contribution in [-0.2, 0) is 7.05 Å². The van der Waals surface area contributed by atoms with Gasteiger partial charge in [-0.2, -0.15) is 5.10 Å². The number of amides is 3. The molecule has 1 aromatic carbocycles. The second-order valence-electron chi connectivity index (χ2n) is 6.93. The number of nitrogens with zero attached hydrogens (tertiary/aromatic N) is 5. The lowest BCUT2D eigenvalue weighted by Gasteiger charge is -2.16. The number of unbranched alkanes of at least 4 members (excludes halogenated alkanes) is 1. The summed E-state index contributed by atoms with van der Waals surface area (Å²) in [6.45, 7) is -0.265. The van der Waals surface area contributed by atoms with E-state index in [1.165, 1.54) is 13.2 Å². The van der Waals surface area contributed by atoms with E-state index in [0.717, 1.165) is 12.8 Å². The molecule has 0 atom stereocenters. The molecule has 2 heterocycles. The third-order valence-electron chi connectivity index (χ3n) is 4.51. The molecule has 12 nitrogen and oxygen atoms in total. The maximum Gasteiger partial charge on any atom is 0.320 e. The van der Waals surface area contributed by atoms with Gasteiger partial charge in [-0.25, -0.2) is 9.78 Å². The van der Waals surface area contributed by atoms with Crippen molar-refractivity contribution in [2.45, 2.75) is 19.8 Å². The molecule has 0 aliphatic carbocycles. The summed E-state index contributed by atoms with van der Waals surface area (Å²) in [4.78, 5) is 29.1. The summed E-state index contributed by atoms with van der Waals surface area (Å²) < 4.78 is 29.1. The molecule has 0 aliphatic heterocycles. The minimum atomic E-state index is -2.74. The van der Waals surface area contributed by atoms with Crippen molar-refractivity contribution >= 4 is 29.1 Å². The third kappa shape index (κ3) is 5.73. The Bertz CT molecular complexity index is 1230. The van der Waals surface area contributed by atoms with Gasteiger partial charge in [-0.05, 0) is 18.6 Å². The van der Waals surface area contributed by atoms with Gasteiger partial charge in [-0.1, -0.05) is 19.4 Å². The smallest absolute Gasteiger partial charge is 0.320 e. The molecule has 0 fully saturated rings. The summed E-state index contributed by atoms with van der Waals surface area (Å²) >= 11 is 0. The summed E-state index contributed by atoms with van der Waals surface area (Å²) in [5.41, 5.74) is 0.774. The minimum absolute atomic E-state index is 0.0402. The van der Waals surface area contributed by atoms with Crippen LogP contribution in [0.2, 0.25) is 0 Å². The number of hydrogen-bond donors (Lipinski definition) is 4. The summed E-state index contributed by atoms with van der Waals surface area (Å²) in [6.07, 6.45) is 3.26. The van der Waals surface area contributed by atoms with Gasteiger partial charge in [-0.3, -0.25) is 14.8 Å². The quantitative estimate of drug-likeness (QED) is 0.359. The van der Waals surface area contributed by atoms with Crippen molar-refractivity contribution < 1.29 is 18.4 Å². The van der Waals surface area contributed by atoms with E-state index < -0.39 is 18.9 Å². The number of carbonyl (C=O) groups excluding carboxylic acids is 2. The number of aryl methyl sites for hydroxylation is 1. The van der Waals surface area contributed by atoms with Crippen LogP contribution in [0.4, 0.5) is 22.0 Å². The van der Waals surface area contributed by atoms with Crippen LogP contribution in [0.3, 0.4) is 0 Å². The van der Waals surface area contributed by atoms with Crippen molar-refractivity contribution in [3.8, 4) is 17.1 Å². The zero-order chi connectivity index (χ0) is 26.3. The number of nitrogens with one attached hydrogen (secondary N) is 4. The van der Waals surface area contributed by atoms with Crippen LogP contribution >= 0.6 is 0 Å². The molecular weight excluding hydrogens is 426 g/mol. The topological polar surface area (TPSA) is 148 Å². The van der Waals surface area contributed by atoms with Crippen LogP contribution in [0.5, 0.6) is 5.75 Å². The van der Waals surface area contributed by atoms with Crippen molar-refractivity contribution in [3.05, 3.63) is 36.3 Å². The van der Waals surface area contributed by atoms with Crippen LogP contribution in [-0.4, -0.2) is 57.5 Å². The van der Waals surface area contributed by atoms with E-state index in [1.54, 1.807) is 36.3 Å². The van der Waals surface area contributed by atoms with Crippen LogP contribution < -0.4 is 26.0 Å². The highest BCUT2D eigenvalue weighted by molar-refractivity contribution is 5.99. The number of rotatable bonds is 9. The molecule has 12 heteroatoms. The first kappa shape index (κ1) is 19.5. The van der Waals surface area contributed by atoms with Crippen molar-refractivity contribution in [1.82, 2.24) is 35.6 Å². The lowest BCUT2D eigenvalue weighted by molar-refractivity contribution is 0.0958. The minimum Gasteiger partial charge on any atom is -0.494 e. The van der Waals surface area contributed by atoms with Crippen molar-refractivity contribution in [3.63, 3.8) is 0 Å². The van der Waals surface area contributed by atoms with Gasteiger partial charge in [0, 0.05) is 30.7 Å². The number of hydrogen-bond acceptors (Lipinski definition) is 8. The van der Waals surface area contributed by atoms with Crippen LogP contribution in [0, 0.1) is 0 Å². The molecule has 0 bridgehead atoms. The number of carbonyl (C=O) groups is 2. The van der Waals surface area contributed by atoms with Gasteiger partial charge < -0.3 is 20.7 Å². The second-order valence-corrected chi connectivity index (χ2v) is 6.93. The van der Waals surface area contributed by atoms with E-state index in [9.17, 15) is 9.59 Å². The molecule has 0 spiro atoms. The Labute approximate surface area is 195 Å². The van der Waals surface area contributed by atoms with Gasteiger partial charge in [0.05, 0.1) is 24.0 Å². The molecule has 0 unspecified atom stereocenters. The summed E-state index contributed by atoms with van der Waals surface area (Å²) in [5, 5.41) is 22.2. The second kappa shape index (κ2) is 10.9. The lowest BCUT2D eigenvalue weighted by atomic mass is 10.1. The Hall–Kier alpha value is -4.22. The van der Waals surface area contributed by atoms with Crippen molar-refractivity contribution in [2.24, 2.45) is 7.05 Å². The fourth-order valence-electron chi connectivity index (χ4n) is 2.95. The number of urea groups is 1. The Morgan fingerprint density at radius 1 is 1.24 bits per heavy atom. The third-order valence-corrected chi connectivity index (χ3v) is 4.51. The monoisotopic (exact) mass is 456 g/mol. The van der Waals surface area contributed by atoms with Crippen molar-refractivity contribution in [1.29, 1.82) is 0 Å². The fourth-order valence-corrected chi connectivity index (χ4v) is 2.95. The molecule has 0 radical (unpaired) electrons. The fraction of sp³-hybridized carbons (Fsp3) is 0.333. The standard InChI is InChI=1S/C21H27N9O3/c1-5-6-10-23-21(32)26-16-11-15(17(28-27-16)20(31)22-2)25-14-9-7-8-13(18(14)33-4)19-24-12-30(3)29-19/h7-9,11-12H,5-6,10H2,1-4H3,(H,22,31)(H3,23,25,26,27,32)/i2D3. The summed E-state index contributed by atoms with van der Waals surface area (Å²) in [5.74, 6) is -0.157. The summed E-state index contributed by atoms with van der Waals surface area (Å²) in [6, 6.07) is 6.05. The van der Waals surface area contributed by atoms with E-state index in [-0.39, 0.29) is 17.2 Å². The van der Waals surface area contributed by atoms with E-state index in [0.29, 0.717) is 29.4 Å². The first-order valence-corrected chi connectivity index (χ1v) is 10.2. The maximum atomic E-state index is 12.7. The van der Waals surface area contributed by atoms with Gasteiger partial charge in [0.1, 0.15) is 6.33 Å². The normalized spacial score (nSPS) is 12.2. The first-order chi connectivity index (χ1) is 17.1. The number of benzene rings is 1. The van der Waals surface area contributed by atoms with Gasteiger partial charge in [-0.15, -0.1) is 10.2 Å². The molecule has 174 valence electrons. The highest BCUT2D eigenvalue weighted by atomic mass is 16.5. The highest BCUT2D eigenvalue weighted by Gasteiger charge is 2.19. The van der Waals surface area contributed by atoms with Crippen LogP contribution in [0.15, 0.2) is 30.6 Å². The Morgan fingerprint density at radius 3 is 2.79 bits per heavy atom. The van der Waals surface area contributed by atoms with E-state index in [4.69, 9.17) is 8.85 Å². The average molecular weight is 457 g/mol. The number of methoxy groups -OCH3 is 1. The predicted molar refractivity (Wildman–Crippen MR) is 124 cm³/mol. The van der Waals surface area contributed by atoms with E-state index >= 15 is 0 Å². The van der Waals surface area contributed by atoms with Crippen LogP contribution in [0.1, 0.15) is 34.4 Å². The molecule has 0 aliphatic rings. The zero-order valence-electron chi connectivity index (χ0n) is 21.5. The molecule has 0 saturated carbocycles. The van der Waals surface area contributed by atoms with Gasteiger partial charge in [0.15, 0.2) is 23.1 Å². The van der Waals surface area contributed by atoms with Gasteiger partial charge >= 0.3 is 6.03 Å². The van der Waals surface area contributed by atoms with Crippen LogP contribution in [0.25, 0.3) is 11.4 Å². The first-order valence-electron chi connectivity index (χ1n) is 11.7. The Morgan fingerprint density at radius 2 is 2.09 bits per heavy atom. The number of aromatic nitrogens is 5. The Kier molecular flexibility index (Phi) is 6.42. The molecule has 3 aromatic rings. The highest BCUT2D eigenvalue weighted by Crippen LogP contribution is 2.37. The zero-order valence-corrected chi connectivity index (χ0v) is 18.5. The number of anilines is 3. The predicted octanol–water partition coefficient (Wildman–Crippen LogP) is 2.31. The van der Waals surface area contributed by atoms with Gasteiger partial charge in [0.25, 0.3) is 5.91 Å². The molecule has 3 rings (SSSR count). The molecule has 4 N–H and O–H groups in total. The number of ether oxygens (including phenoxy) is 1. The molecule has 33 heavy (non-hydrogen) atoms. The molecule has 0 saturated heterocycles. The van der Waals surface area contributed by atoms with Crippen molar-refractivity contribution in [2.75, 3.05) is 31.3 Å². The lowest BCUT2D eigenvalue weighted by Crippen LogP contribution is -2.30. The maximum absolute atomic E-state index is 12.7. The largest absolute Gasteiger partial charge is 0.494 e. The molecule has 2 aromatic heterocycles.